The molecule has 0 saturated heterocycles. The zero-order chi connectivity index (χ0) is 13.0. The first kappa shape index (κ1) is 13.3. The number of pyridine rings is 1. The zero-order valence-electron chi connectivity index (χ0n) is 9.76. The van der Waals surface area contributed by atoms with E-state index in [9.17, 15) is 4.79 Å². The first-order valence-corrected chi connectivity index (χ1v) is 6.39. The Kier molecular flexibility index (Phi) is 4.51. The van der Waals surface area contributed by atoms with Crippen molar-refractivity contribution in [3.8, 4) is 5.75 Å². The van der Waals surface area contributed by atoms with Gasteiger partial charge in [0, 0.05) is 6.54 Å². The van der Waals surface area contributed by atoms with E-state index < -0.39 is 0 Å². The molecule has 7 heteroatoms. The molecule has 0 unspecified atom stereocenters. The highest BCUT2D eigenvalue weighted by atomic mass is 79.9. The molecule has 1 aromatic rings. The Hall–Kier alpha value is -1.18. The van der Waals surface area contributed by atoms with E-state index in [1.54, 1.807) is 17.0 Å². The average molecular weight is 316 g/mol. The maximum atomic E-state index is 11.8. The van der Waals surface area contributed by atoms with Crippen LogP contribution in [-0.4, -0.2) is 43.8 Å². The summed E-state index contributed by atoms with van der Waals surface area (Å²) in [5, 5.41) is 0. The van der Waals surface area contributed by atoms with E-state index >= 15 is 0 Å². The molecule has 0 saturated carbocycles. The van der Waals surface area contributed by atoms with Crippen molar-refractivity contribution in [3.05, 3.63) is 16.7 Å². The first-order valence-electron chi connectivity index (χ1n) is 5.60. The van der Waals surface area contributed by atoms with Crippen molar-refractivity contribution >= 4 is 27.7 Å². The van der Waals surface area contributed by atoms with Gasteiger partial charge < -0.3 is 15.2 Å². The third kappa shape index (κ3) is 2.98. The minimum atomic E-state index is -0.121. The number of rotatable bonds is 5. The van der Waals surface area contributed by atoms with Crippen LogP contribution in [0, 0.1) is 0 Å². The van der Waals surface area contributed by atoms with Gasteiger partial charge in [0.15, 0.2) is 18.2 Å². The van der Waals surface area contributed by atoms with Crippen LogP contribution in [0.4, 0.5) is 5.82 Å². The minimum Gasteiger partial charge on any atom is -0.480 e. The van der Waals surface area contributed by atoms with Crippen LogP contribution in [-0.2, 0) is 9.53 Å². The lowest BCUT2D eigenvalue weighted by molar-refractivity contribution is -0.121. The molecule has 98 valence electrons. The molecular formula is C11H14BrN3O3. The van der Waals surface area contributed by atoms with Gasteiger partial charge in [0.2, 0.25) is 0 Å². The second-order valence-corrected chi connectivity index (χ2v) is 4.50. The lowest BCUT2D eigenvalue weighted by Gasteiger charge is -2.28. The van der Waals surface area contributed by atoms with E-state index in [0.29, 0.717) is 42.5 Å². The normalized spacial score (nSPS) is 14.3. The molecule has 0 spiro atoms. The third-order valence-corrected chi connectivity index (χ3v) is 2.88. The number of hydrogen-bond donors (Lipinski definition) is 1. The van der Waals surface area contributed by atoms with Gasteiger partial charge in [-0.15, -0.1) is 0 Å². The summed E-state index contributed by atoms with van der Waals surface area (Å²) in [5.41, 5.74) is 5.33. The van der Waals surface area contributed by atoms with E-state index in [-0.39, 0.29) is 12.5 Å². The smallest absolute Gasteiger partial charge is 0.266 e. The number of amides is 1. The van der Waals surface area contributed by atoms with Crippen molar-refractivity contribution in [3.63, 3.8) is 0 Å². The van der Waals surface area contributed by atoms with E-state index in [0.717, 1.165) is 0 Å². The summed E-state index contributed by atoms with van der Waals surface area (Å²) in [6, 6.07) is 3.56. The lowest BCUT2D eigenvalue weighted by Crippen LogP contribution is -2.41. The molecule has 1 aromatic heterocycles. The minimum absolute atomic E-state index is 0.0349. The van der Waals surface area contributed by atoms with Crippen molar-refractivity contribution in [2.75, 3.05) is 37.8 Å². The van der Waals surface area contributed by atoms with Gasteiger partial charge in [0.1, 0.15) is 4.60 Å². The number of nitrogens with two attached hydrogens (primary N) is 1. The molecule has 0 aliphatic carbocycles. The van der Waals surface area contributed by atoms with Gasteiger partial charge in [0.25, 0.3) is 5.91 Å². The van der Waals surface area contributed by atoms with Gasteiger partial charge in [-0.2, -0.15) is 0 Å². The molecule has 18 heavy (non-hydrogen) atoms. The quantitative estimate of drug-likeness (QED) is 0.634. The molecular weight excluding hydrogens is 302 g/mol. The van der Waals surface area contributed by atoms with Gasteiger partial charge >= 0.3 is 0 Å². The van der Waals surface area contributed by atoms with Gasteiger partial charge in [0.05, 0.1) is 19.8 Å². The lowest BCUT2D eigenvalue weighted by atomic mass is 10.3. The Balaban J connectivity index is 2.09. The van der Waals surface area contributed by atoms with Crippen molar-refractivity contribution in [1.82, 2.24) is 4.98 Å². The molecule has 0 aromatic carbocycles. The molecule has 2 rings (SSSR count). The SMILES string of the molecule is NCCOCCN1C(=O)COc2ccc(Br)nc21. The number of hydrogen-bond acceptors (Lipinski definition) is 5. The molecule has 1 aliphatic rings. The molecule has 0 atom stereocenters. The van der Waals surface area contributed by atoms with Gasteiger partial charge in [-0.1, -0.05) is 0 Å². The predicted molar refractivity (Wildman–Crippen MR) is 69.7 cm³/mol. The van der Waals surface area contributed by atoms with Crippen molar-refractivity contribution < 1.29 is 14.3 Å². The Morgan fingerprint density at radius 3 is 3.11 bits per heavy atom. The molecule has 6 nitrogen and oxygen atoms in total. The number of anilines is 1. The molecule has 2 heterocycles. The summed E-state index contributed by atoms with van der Waals surface area (Å²) in [4.78, 5) is 17.6. The third-order valence-electron chi connectivity index (χ3n) is 2.43. The highest BCUT2D eigenvalue weighted by molar-refractivity contribution is 9.10. The van der Waals surface area contributed by atoms with Crippen LogP contribution in [0.5, 0.6) is 5.75 Å². The fourth-order valence-corrected chi connectivity index (χ4v) is 1.93. The molecule has 0 bridgehead atoms. The van der Waals surface area contributed by atoms with Gasteiger partial charge in [-0.3, -0.25) is 9.69 Å². The Labute approximate surface area is 113 Å². The monoisotopic (exact) mass is 315 g/mol. The summed E-state index contributed by atoms with van der Waals surface area (Å²) in [5.74, 6) is 1.01. The summed E-state index contributed by atoms with van der Waals surface area (Å²) >= 11 is 3.28. The highest BCUT2D eigenvalue weighted by Gasteiger charge is 2.26. The molecule has 0 radical (unpaired) electrons. The standard InChI is InChI=1S/C11H14BrN3O3/c12-9-2-1-8-11(14-9)15(10(16)7-18-8)4-6-17-5-3-13/h1-2H,3-7,13H2. The second kappa shape index (κ2) is 6.12. The van der Waals surface area contributed by atoms with Crippen LogP contribution in [0.3, 0.4) is 0 Å². The first-order chi connectivity index (χ1) is 8.72. The molecule has 2 N–H and O–H groups in total. The largest absolute Gasteiger partial charge is 0.480 e. The summed E-state index contributed by atoms with van der Waals surface area (Å²) in [7, 11) is 0. The maximum Gasteiger partial charge on any atom is 0.266 e. The number of carbonyl (C=O) groups is 1. The number of carbonyl (C=O) groups excluding carboxylic acids is 1. The summed E-state index contributed by atoms with van der Waals surface area (Å²) in [6.07, 6.45) is 0. The predicted octanol–water partition coefficient (Wildman–Crippen LogP) is 0.545. The maximum absolute atomic E-state index is 11.8. The van der Waals surface area contributed by atoms with Gasteiger partial charge in [-0.25, -0.2) is 4.98 Å². The topological polar surface area (TPSA) is 77.7 Å². The number of halogens is 1. The van der Waals surface area contributed by atoms with E-state index in [1.165, 1.54) is 0 Å². The zero-order valence-corrected chi connectivity index (χ0v) is 11.4. The Morgan fingerprint density at radius 2 is 2.33 bits per heavy atom. The van der Waals surface area contributed by atoms with Crippen LogP contribution in [0.1, 0.15) is 0 Å². The molecule has 1 aliphatic heterocycles. The average Bonchev–Trinajstić information content (AvgIpc) is 2.36. The summed E-state index contributed by atoms with van der Waals surface area (Å²) < 4.78 is 11.3. The number of ether oxygens (including phenoxy) is 2. The highest BCUT2D eigenvalue weighted by Crippen LogP contribution is 2.31. The number of nitrogens with zero attached hydrogens (tertiary/aromatic N) is 2. The van der Waals surface area contributed by atoms with Gasteiger partial charge in [-0.05, 0) is 28.1 Å². The molecule has 0 fully saturated rings. The van der Waals surface area contributed by atoms with Crippen LogP contribution >= 0.6 is 15.9 Å². The number of aromatic nitrogens is 1. The van der Waals surface area contributed by atoms with Crippen LogP contribution in [0.2, 0.25) is 0 Å². The summed E-state index contributed by atoms with van der Waals surface area (Å²) in [6.45, 7) is 1.86. The van der Waals surface area contributed by atoms with Crippen molar-refractivity contribution in [1.29, 1.82) is 0 Å². The van der Waals surface area contributed by atoms with Crippen molar-refractivity contribution in [2.45, 2.75) is 0 Å². The molecule has 1 amide bonds. The fraction of sp³-hybridized carbons (Fsp3) is 0.455. The van der Waals surface area contributed by atoms with Crippen LogP contribution in [0.15, 0.2) is 16.7 Å². The van der Waals surface area contributed by atoms with Crippen LogP contribution < -0.4 is 15.4 Å². The van der Waals surface area contributed by atoms with Crippen molar-refractivity contribution in [2.24, 2.45) is 5.73 Å². The van der Waals surface area contributed by atoms with Crippen LogP contribution in [0.25, 0.3) is 0 Å². The fourth-order valence-electron chi connectivity index (χ4n) is 1.63. The van der Waals surface area contributed by atoms with E-state index in [2.05, 4.69) is 20.9 Å². The Morgan fingerprint density at radius 1 is 1.50 bits per heavy atom. The Bertz CT molecular complexity index is 442. The second-order valence-electron chi connectivity index (χ2n) is 3.69. The van der Waals surface area contributed by atoms with E-state index in [1.807, 2.05) is 0 Å². The van der Waals surface area contributed by atoms with E-state index in [4.69, 9.17) is 15.2 Å². The number of fused-ring (bicyclic) bond motifs is 1.